The number of nitrogens with zero attached hydrogens (tertiary/aromatic N) is 4. The largest absolute Gasteiger partial charge is 0.462 e. The van der Waals surface area contributed by atoms with E-state index >= 15 is 0 Å². The van der Waals surface area contributed by atoms with Gasteiger partial charge in [-0.3, -0.25) is 0 Å². The van der Waals surface area contributed by atoms with E-state index in [1.165, 1.54) is 6.20 Å². The average molecular weight is 214 g/mol. The van der Waals surface area contributed by atoms with Gasteiger partial charge in [-0.15, -0.1) is 5.10 Å². The van der Waals surface area contributed by atoms with Gasteiger partial charge in [0.05, 0.1) is 17.8 Å². The number of carbonyl (C=O) groups is 1. The van der Waals surface area contributed by atoms with Gasteiger partial charge in [-0.1, -0.05) is 16.9 Å². The van der Waals surface area contributed by atoms with Gasteiger partial charge in [0.1, 0.15) is 5.69 Å². The van der Waals surface area contributed by atoms with Crippen molar-refractivity contribution >= 4 is 6.09 Å². The lowest BCUT2D eigenvalue weighted by Gasteiger charge is -1.95. The Bertz CT molecular complexity index is 583. The van der Waals surface area contributed by atoms with Crippen molar-refractivity contribution in [2.45, 2.75) is 0 Å². The van der Waals surface area contributed by atoms with Gasteiger partial charge < -0.3 is 5.11 Å². The van der Waals surface area contributed by atoms with Crippen LogP contribution < -0.4 is 0 Å². The van der Waals surface area contributed by atoms with E-state index < -0.39 is 6.09 Å². The van der Waals surface area contributed by atoms with Gasteiger partial charge in [-0.2, -0.15) is 10.4 Å². The highest BCUT2D eigenvalue weighted by atomic mass is 16.4. The van der Waals surface area contributed by atoms with E-state index in [9.17, 15) is 4.79 Å². The molecule has 1 heterocycles. The number of aromatic nitrogens is 3. The van der Waals surface area contributed by atoms with Crippen molar-refractivity contribution in [3.8, 4) is 17.3 Å². The maximum Gasteiger partial charge on any atom is 0.449 e. The Morgan fingerprint density at radius 1 is 1.50 bits per heavy atom. The van der Waals surface area contributed by atoms with Crippen LogP contribution in [0.15, 0.2) is 30.5 Å². The third-order valence-corrected chi connectivity index (χ3v) is 1.95. The molecule has 6 heteroatoms. The lowest BCUT2D eigenvalue weighted by Crippen LogP contribution is -2.11. The van der Waals surface area contributed by atoms with Crippen LogP contribution in [0.1, 0.15) is 5.56 Å². The highest BCUT2D eigenvalue weighted by molar-refractivity contribution is 5.67. The maximum atomic E-state index is 10.6. The molecule has 1 aromatic heterocycles. The molecule has 1 aromatic carbocycles. The first-order chi connectivity index (χ1) is 7.70. The number of nitriles is 1. The SMILES string of the molecule is N#Cc1cccc(-c2cnn(C(=O)O)n2)c1. The lowest BCUT2D eigenvalue weighted by molar-refractivity contribution is 0.188. The summed E-state index contributed by atoms with van der Waals surface area (Å²) in [5, 5.41) is 24.7. The van der Waals surface area contributed by atoms with E-state index in [0.29, 0.717) is 21.6 Å². The fourth-order valence-electron chi connectivity index (χ4n) is 1.24. The Morgan fingerprint density at radius 3 is 2.94 bits per heavy atom. The number of hydrogen-bond donors (Lipinski definition) is 1. The summed E-state index contributed by atoms with van der Waals surface area (Å²) in [4.78, 5) is 11.1. The Hall–Kier alpha value is -2.68. The van der Waals surface area contributed by atoms with Crippen LogP contribution in [0.25, 0.3) is 11.3 Å². The normalized spacial score (nSPS) is 9.69. The molecule has 6 nitrogen and oxygen atoms in total. The summed E-state index contributed by atoms with van der Waals surface area (Å²) in [5.41, 5.74) is 1.56. The number of carboxylic acid groups (broad SMARTS) is 1. The zero-order chi connectivity index (χ0) is 11.5. The first kappa shape index (κ1) is 9.86. The molecule has 2 aromatic rings. The molecule has 0 fully saturated rings. The van der Waals surface area contributed by atoms with Crippen molar-refractivity contribution in [2.75, 3.05) is 0 Å². The summed E-state index contributed by atoms with van der Waals surface area (Å²) in [6, 6.07) is 8.71. The first-order valence-corrected chi connectivity index (χ1v) is 4.37. The predicted molar refractivity (Wildman–Crippen MR) is 53.6 cm³/mol. The van der Waals surface area contributed by atoms with Crippen molar-refractivity contribution in [3.05, 3.63) is 36.0 Å². The molecule has 0 amide bonds. The van der Waals surface area contributed by atoms with Crippen LogP contribution in [-0.2, 0) is 0 Å². The van der Waals surface area contributed by atoms with Crippen molar-refractivity contribution in [2.24, 2.45) is 0 Å². The van der Waals surface area contributed by atoms with Gasteiger partial charge >= 0.3 is 6.09 Å². The van der Waals surface area contributed by atoms with Crippen molar-refractivity contribution in [1.82, 2.24) is 15.0 Å². The molecule has 0 aliphatic rings. The molecule has 2 rings (SSSR count). The fraction of sp³-hybridized carbons (Fsp3) is 0. The quantitative estimate of drug-likeness (QED) is 0.773. The zero-order valence-electron chi connectivity index (χ0n) is 8.03. The average Bonchev–Trinajstić information content (AvgIpc) is 2.78. The standard InChI is InChI=1S/C10H6N4O2/c11-5-7-2-1-3-8(4-7)9-6-12-14(13-9)10(15)16/h1-4,6H,(H,15,16). The number of rotatable bonds is 1. The number of benzene rings is 1. The Kier molecular flexibility index (Phi) is 2.36. The van der Waals surface area contributed by atoms with Crippen LogP contribution in [0.2, 0.25) is 0 Å². The molecule has 0 atom stereocenters. The molecule has 0 saturated heterocycles. The zero-order valence-corrected chi connectivity index (χ0v) is 8.03. The first-order valence-electron chi connectivity index (χ1n) is 4.37. The highest BCUT2D eigenvalue weighted by Crippen LogP contribution is 2.16. The molecule has 1 N–H and O–H groups in total. The molecular weight excluding hydrogens is 208 g/mol. The molecule has 0 spiro atoms. The molecule has 0 aliphatic heterocycles. The van der Waals surface area contributed by atoms with Crippen LogP contribution in [0, 0.1) is 11.3 Å². The van der Waals surface area contributed by atoms with Gasteiger partial charge in [0.25, 0.3) is 0 Å². The summed E-state index contributed by atoms with van der Waals surface area (Å²) >= 11 is 0. The van der Waals surface area contributed by atoms with Crippen LogP contribution in [-0.4, -0.2) is 26.2 Å². The van der Waals surface area contributed by atoms with Crippen molar-refractivity contribution in [1.29, 1.82) is 5.26 Å². The topological polar surface area (TPSA) is 91.8 Å². The minimum atomic E-state index is -1.25. The summed E-state index contributed by atoms with van der Waals surface area (Å²) in [5.74, 6) is 0. The van der Waals surface area contributed by atoms with Gasteiger partial charge in [0, 0.05) is 5.56 Å². The predicted octanol–water partition coefficient (Wildman–Crippen LogP) is 1.34. The second-order valence-electron chi connectivity index (χ2n) is 2.99. The van der Waals surface area contributed by atoms with Gasteiger partial charge in [-0.25, -0.2) is 4.79 Å². The summed E-state index contributed by atoms with van der Waals surface area (Å²) in [6.45, 7) is 0. The molecule has 0 saturated carbocycles. The third kappa shape index (κ3) is 1.74. The van der Waals surface area contributed by atoms with Crippen LogP contribution in [0.4, 0.5) is 4.79 Å². The van der Waals surface area contributed by atoms with Crippen LogP contribution >= 0.6 is 0 Å². The van der Waals surface area contributed by atoms with Gasteiger partial charge in [0.15, 0.2) is 0 Å². The van der Waals surface area contributed by atoms with E-state index in [1.807, 2.05) is 6.07 Å². The smallest absolute Gasteiger partial charge is 0.449 e. The Labute approximate surface area is 90.4 Å². The van der Waals surface area contributed by atoms with Gasteiger partial charge in [0.2, 0.25) is 0 Å². The van der Waals surface area contributed by atoms with E-state index in [4.69, 9.17) is 10.4 Å². The van der Waals surface area contributed by atoms with E-state index in [0.717, 1.165) is 0 Å². The van der Waals surface area contributed by atoms with E-state index in [2.05, 4.69) is 10.2 Å². The summed E-state index contributed by atoms with van der Waals surface area (Å²) in [6.07, 6.45) is 0.0904. The molecule has 78 valence electrons. The monoisotopic (exact) mass is 214 g/mol. The summed E-state index contributed by atoms with van der Waals surface area (Å²) < 4.78 is 0. The van der Waals surface area contributed by atoms with Crippen LogP contribution in [0.3, 0.4) is 0 Å². The molecule has 0 aliphatic carbocycles. The number of hydrogen-bond acceptors (Lipinski definition) is 4. The molecule has 0 bridgehead atoms. The van der Waals surface area contributed by atoms with Crippen molar-refractivity contribution < 1.29 is 9.90 Å². The van der Waals surface area contributed by atoms with Crippen molar-refractivity contribution in [3.63, 3.8) is 0 Å². The minimum absolute atomic E-state index is 0.416. The second-order valence-corrected chi connectivity index (χ2v) is 2.99. The molecule has 0 unspecified atom stereocenters. The summed E-state index contributed by atoms with van der Waals surface area (Å²) in [7, 11) is 0. The highest BCUT2D eigenvalue weighted by Gasteiger charge is 2.08. The van der Waals surface area contributed by atoms with Crippen LogP contribution in [0.5, 0.6) is 0 Å². The lowest BCUT2D eigenvalue weighted by atomic mass is 10.1. The minimum Gasteiger partial charge on any atom is -0.462 e. The van der Waals surface area contributed by atoms with E-state index in [-0.39, 0.29) is 0 Å². The van der Waals surface area contributed by atoms with E-state index in [1.54, 1.807) is 24.3 Å². The maximum absolute atomic E-state index is 10.6. The molecule has 16 heavy (non-hydrogen) atoms. The molecule has 0 radical (unpaired) electrons. The fourth-order valence-corrected chi connectivity index (χ4v) is 1.24. The van der Waals surface area contributed by atoms with Gasteiger partial charge in [-0.05, 0) is 12.1 Å². The molecular formula is C10H6N4O2. The second kappa shape index (κ2) is 3.82. The Morgan fingerprint density at radius 2 is 2.31 bits per heavy atom. The Balaban J connectivity index is 2.43. The third-order valence-electron chi connectivity index (χ3n) is 1.95.